The molecule has 1 fully saturated rings. The molecule has 86 valence electrons. The van der Waals surface area contributed by atoms with E-state index in [9.17, 15) is 4.79 Å². The van der Waals surface area contributed by atoms with Crippen LogP contribution in [0.15, 0.2) is 24.3 Å². The van der Waals surface area contributed by atoms with Crippen LogP contribution in [0, 0.1) is 11.3 Å². The molecular weight excluding hydrogens is 186 g/mol. The molecule has 1 N–H and O–H groups in total. The van der Waals surface area contributed by atoms with Gasteiger partial charge < -0.3 is 5.32 Å². The third-order valence-corrected chi connectivity index (χ3v) is 2.45. The Morgan fingerprint density at radius 2 is 2.20 bits per heavy atom. The second-order valence-corrected chi connectivity index (χ2v) is 5.47. The van der Waals surface area contributed by atoms with E-state index in [1.54, 1.807) is 6.08 Å². The maximum absolute atomic E-state index is 11.4. The third-order valence-electron chi connectivity index (χ3n) is 2.45. The van der Waals surface area contributed by atoms with Crippen molar-refractivity contribution in [3.63, 3.8) is 0 Å². The van der Waals surface area contributed by atoms with Crippen LogP contribution < -0.4 is 5.32 Å². The molecular formula is C13H23NO. The Bertz CT molecular complexity index is 281. The predicted octanol–water partition coefficient (Wildman–Crippen LogP) is 2.92. The minimum absolute atomic E-state index is 0. The first-order chi connectivity index (χ1) is 6.87. The van der Waals surface area contributed by atoms with Crippen LogP contribution in [0.2, 0.25) is 0 Å². The molecule has 0 bridgehead atoms. The molecule has 2 nitrogen and oxygen atoms in total. The van der Waals surface area contributed by atoms with Gasteiger partial charge in [0.1, 0.15) is 0 Å². The van der Waals surface area contributed by atoms with E-state index in [4.69, 9.17) is 0 Å². The van der Waals surface area contributed by atoms with Gasteiger partial charge in [0, 0.05) is 7.97 Å². The van der Waals surface area contributed by atoms with Crippen LogP contribution in [-0.4, -0.2) is 12.5 Å². The fraction of sp³-hybridized carbons (Fsp3) is 0.615. The van der Waals surface area contributed by atoms with Gasteiger partial charge in [-0.3, -0.25) is 4.79 Å². The van der Waals surface area contributed by atoms with Crippen LogP contribution in [-0.2, 0) is 4.79 Å². The van der Waals surface area contributed by atoms with Gasteiger partial charge in [-0.05, 0) is 30.3 Å². The van der Waals surface area contributed by atoms with Crippen LogP contribution in [0.3, 0.4) is 0 Å². The van der Waals surface area contributed by atoms with Gasteiger partial charge in [-0.2, -0.15) is 0 Å². The van der Waals surface area contributed by atoms with Crippen molar-refractivity contribution in [2.24, 2.45) is 11.3 Å². The summed E-state index contributed by atoms with van der Waals surface area (Å²) in [6, 6.07) is 0. The molecule has 15 heavy (non-hydrogen) atoms. The van der Waals surface area contributed by atoms with Crippen molar-refractivity contribution in [2.45, 2.75) is 33.6 Å². The minimum atomic E-state index is 0. The average molecular weight is 209 g/mol. The first-order valence-electron chi connectivity index (χ1n) is 5.50. The molecule has 0 aromatic heterocycles. The first-order valence-corrected chi connectivity index (χ1v) is 5.50. The summed E-state index contributed by atoms with van der Waals surface area (Å²) in [7, 11) is 0. The van der Waals surface area contributed by atoms with E-state index >= 15 is 0 Å². The maximum Gasteiger partial charge on any atom is 0.243 e. The number of amides is 1. The largest absolute Gasteiger partial charge is 0.352 e. The van der Waals surface area contributed by atoms with E-state index in [2.05, 4.69) is 32.7 Å². The minimum Gasteiger partial charge on any atom is -0.352 e. The van der Waals surface area contributed by atoms with Crippen LogP contribution in [0.1, 0.15) is 35.0 Å². The van der Waals surface area contributed by atoms with E-state index in [0.29, 0.717) is 5.92 Å². The molecule has 1 amide bonds. The highest BCUT2D eigenvalue weighted by atomic mass is 16.1. The number of nitrogens with one attached hydrogen (secondary N) is 1. The molecule has 0 saturated heterocycles. The quantitative estimate of drug-likeness (QED) is 0.562. The van der Waals surface area contributed by atoms with Crippen molar-refractivity contribution in [1.29, 1.82) is 0 Å². The summed E-state index contributed by atoms with van der Waals surface area (Å²) in [5.74, 6) is 0.631. The highest BCUT2D eigenvalue weighted by Crippen LogP contribution is 2.30. The highest BCUT2D eigenvalue weighted by Gasteiger charge is 2.21. The Balaban J connectivity index is 0.00000225. The van der Waals surface area contributed by atoms with Crippen LogP contribution >= 0.6 is 0 Å². The van der Waals surface area contributed by atoms with Gasteiger partial charge in [0.25, 0.3) is 0 Å². The fourth-order valence-corrected chi connectivity index (χ4v) is 1.53. The molecule has 0 heterocycles. The number of rotatable bonds is 3. The molecule has 1 aliphatic carbocycles. The summed E-state index contributed by atoms with van der Waals surface area (Å²) in [5.41, 5.74) is 1.38. The average Bonchev–Trinajstić information content (AvgIpc) is 2.06. The number of allylic oxidation sites excluding steroid dienone is 2. The first kappa shape index (κ1) is 12.0. The normalized spacial score (nSPS) is 17.9. The van der Waals surface area contributed by atoms with Crippen molar-refractivity contribution in [2.75, 3.05) is 6.54 Å². The van der Waals surface area contributed by atoms with Crippen molar-refractivity contribution >= 4 is 5.91 Å². The van der Waals surface area contributed by atoms with Gasteiger partial charge in [-0.15, -0.1) is 0 Å². The Morgan fingerprint density at radius 1 is 1.60 bits per heavy atom. The van der Waals surface area contributed by atoms with E-state index in [1.165, 1.54) is 5.57 Å². The number of carbonyl (C=O) groups excluding carboxylic acids is 1. The second-order valence-electron chi connectivity index (χ2n) is 5.47. The smallest absolute Gasteiger partial charge is 0.243 e. The highest BCUT2D eigenvalue weighted by molar-refractivity contribution is 5.87. The molecule has 1 aliphatic rings. The molecule has 0 spiro atoms. The summed E-state index contributed by atoms with van der Waals surface area (Å²) < 4.78 is 0. The predicted molar refractivity (Wildman–Crippen MR) is 65.6 cm³/mol. The van der Waals surface area contributed by atoms with E-state index in [-0.39, 0.29) is 12.7 Å². The lowest BCUT2D eigenvalue weighted by atomic mass is 9.81. The van der Waals surface area contributed by atoms with Gasteiger partial charge in [0.2, 0.25) is 5.91 Å². The van der Waals surface area contributed by atoms with Crippen LogP contribution in [0.25, 0.3) is 0 Å². The van der Waals surface area contributed by atoms with E-state index in [1.807, 2.05) is 6.08 Å². The van der Waals surface area contributed by atoms with Gasteiger partial charge in [-0.25, -0.2) is 0 Å². The summed E-state index contributed by atoms with van der Waals surface area (Å²) >= 11 is 0. The fourth-order valence-electron chi connectivity index (χ4n) is 1.53. The topological polar surface area (TPSA) is 29.1 Å². The standard InChI is InChI=1S/C13H21NO.H2/c1-10-7-11(8-10)9-14-12(15)5-6-13(2,3)4;/h5-6,11H,1,7-9H2,2-4H3,(H,14,15);1H/b6-5-;. The molecule has 0 aromatic rings. The third kappa shape index (κ3) is 4.82. The Morgan fingerprint density at radius 3 is 2.67 bits per heavy atom. The number of hydrogen-bond acceptors (Lipinski definition) is 1. The molecule has 0 aromatic carbocycles. The summed E-state index contributed by atoms with van der Waals surface area (Å²) in [6.45, 7) is 10.9. The monoisotopic (exact) mass is 209 g/mol. The molecule has 0 radical (unpaired) electrons. The van der Waals surface area contributed by atoms with Crippen molar-refractivity contribution in [1.82, 2.24) is 5.32 Å². The lowest BCUT2D eigenvalue weighted by Crippen LogP contribution is -2.32. The Kier molecular flexibility index (Phi) is 3.72. The molecule has 0 atom stereocenters. The lowest BCUT2D eigenvalue weighted by molar-refractivity contribution is -0.116. The van der Waals surface area contributed by atoms with Crippen molar-refractivity contribution < 1.29 is 6.22 Å². The zero-order valence-corrected chi connectivity index (χ0v) is 9.97. The van der Waals surface area contributed by atoms with E-state index < -0.39 is 0 Å². The second kappa shape index (κ2) is 4.65. The molecule has 1 saturated carbocycles. The molecule has 2 heteroatoms. The summed E-state index contributed by atoms with van der Waals surface area (Å²) in [6.07, 6.45) is 5.71. The van der Waals surface area contributed by atoms with Gasteiger partial charge in [0.15, 0.2) is 0 Å². The SMILES string of the molecule is C=C1CC(CNC(=O)/C=C\C(C)(C)C)C1.[HH]. The molecule has 1 rings (SSSR count). The lowest BCUT2D eigenvalue weighted by Gasteiger charge is -2.28. The summed E-state index contributed by atoms with van der Waals surface area (Å²) in [4.78, 5) is 11.4. The zero-order valence-electron chi connectivity index (χ0n) is 9.97. The maximum atomic E-state index is 11.4. The summed E-state index contributed by atoms with van der Waals surface area (Å²) in [5, 5.41) is 2.91. The van der Waals surface area contributed by atoms with Gasteiger partial charge >= 0.3 is 0 Å². The van der Waals surface area contributed by atoms with Gasteiger partial charge in [-0.1, -0.05) is 39.0 Å². The van der Waals surface area contributed by atoms with E-state index in [0.717, 1.165) is 19.4 Å². The number of carbonyl (C=O) groups is 1. The van der Waals surface area contributed by atoms with Crippen molar-refractivity contribution in [3.05, 3.63) is 24.3 Å². The Hall–Kier alpha value is -1.05. The Labute approximate surface area is 93.9 Å². The van der Waals surface area contributed by atoms with Crippen molar-refractivity contribution in [3.8, 4) is 0 Å². The van der Waals surface area contributed by atoms with Crippen LogP contribution in [0.5, 0.6) is 0 Å². The zero-order chi connectivity index (χ0) is 11.5. The number of hydrogen-bond donors (Lipinski definition) is 1. The van der Waals surface area contributed by atoms with Crippen LogP contribution in [0.4, 0.5) is 0 Å². The molecule has 0 unspecified atom stereocenters. The molecule has 0 aliphatic heterocycles. The van der Waals surface area contributed by atoms with Gasteiger partial charge in [0.05, 0.1) is 0 Å².